The van der Waals surface area contributed by atoms with Crippen molar-refractivity contribution < 1.29 is 0 Å². The maximum Gasteiger partial charge on any atom is 0.104 e. The summed E-state index contributed by atoms with van der Waals surface area (Å²) in [6, 6.07) is 2.47. The van der Waals surface area contributed by atoms with Crippen molar-refractivity contribution >= 4 is 17.0 Å². The Morgan fingerprint density at radius 3 is 1.78 bits per heavy atom. The van der Waals surface area contributed by atoms with Crippen molar-refractivity contribution in [3.8, 4) is 0 Å². The molecule has 1 aliphatic heterocycles. The van der Waals surface area contributed by atoms with Crippen molar-refractivity contribution in [2.24, 2.45) is 4.99 Å². The van der Waals surface area contributed by atoms with Crippen LogP contribution in [0.3, 0.4) is 0 Å². The molecule has 0 radical (unpaired) electrons. The highest BCUT2D eigenvalue weighted by Crippen LogP contribution is 2.32. The Morgan fingerprint density at radius 2 is 1.44 bits per heavy atom. The van der Waals surface area contributed by atoms with E-state index in [0.717, 1.165) is 0 Å². The highest BCUT2D eigenvalue weighted by Gasteiger charge is 2.19. The van der Waals surface area contributed by atoms with Crippen LogP contribution < -0.4 is 0 Å². The van der Waals surface area contributed by atoms with Crippen LogP contribution in [0.2, 0.25) is 0 Å². The van der Waals surface area contributed by atoms with Crippen molar-refractivity contribution in [2.45, 2.75) is 96.1 Å². The molecule has 1 aromatic rings. The van der Waals surface area contributed by atoms with E-state index >= 15 is 0 Å². The fourth-order valence-corrected chi connectivity index (χ4v) is 2.80. The Labute approximate surface area is 176 Å². The molecule has 1 atom stereocenters. The third-order valence-electron chi connectivity index (χ3n) is 2.90. The standard InChI is InChI=1S/C14H17NS.C3H6.4C2H6/c1-5-10(3)14-11(4)7-12(15-14)13-6-9(2)8-16-13;1-3-2;4*1-2/h5-8,12H,1-4H3;3H,1H2,2H3;4*1-2H3/b10-5-;;;;;. The van der Waals surface area contributed by atoms with Crippen LogP contribution in [0.1, 0.15) is 99.6 Å². The summed E-state index contributed by atoms with van der Waals surface area (Å²) in [5, 5.41) is 2.19. The molecule has 1 aliphatic rings. The summed E-state index contributed by atoms with van der Waals surface area (Å²) in [4.78, 5) is 6.13. The third kappa shape index (κ3) is 14.3. The number of nitrogens with zero attached hydrogens (tertiary/aromatic N) is 1. The Bertz CT molecular complexity index is 530. The van der Waals surface area contributed by atoms with Gasteiger partial charge in [0.1, 0.15) is 6.04 Å². The van der Waals surface area contributed by atoms with Crippen molar-refractivity contribution in [2.75, 3.05) is 0 Å². The molecule has 0 fully saturated rings. The molecule has 2 rings (SSSR count). The largest absolute Gasteiger partial charge is 0.272 e. The first-order valence-corrected chi connectivity index (χ1v) is 11.4. The van der Waals surface area contributed by atoms with Crippen LogP contribution in [-0.4, -0.2) is 5.71 Å². The van der Waals surface area contributed by atoms with Crippen LogP contribution in [-0.2, 0) is 0 Å². The van der Waals surface area contributed by atoms with E-state index in [1.807, 2.05) is 62.3 Å². The molecule has 0 N–H and O–H groups in total. The summed E-state index contributed by atoms with van der Waals surface area (Å²) in [6.45, 7) is 29.7. The van der Waals surface area contributed by atoms with E-state index in [0.29, 0.717) is 0 Å². The van der Waals surface area contributed by atoms with Gasteiger partial charge in [0.25, 0.3) is 0 Å². The fourth-order valence-electron chi connectivity index (χ4n) is 1.90. The molecule has 2 heteroatoms. The molecule has 0 aliphatic carbocycles. The van der Waals surface area contributed by atoms with Crippen LogP contribution in [0.15, 0.2) is 52.4 Å². The lowest BCUT2D eigenvalue weighted by molar-refractivity contribution is 0.955. The zero-order chi connectivity index (χ0) is 22.4. The number of allylic oxidation sites excluding steroid dienone is 4. The van der Waals surface area contributed by atoms with Gasteiger partial charge in [0.05, 0.1) is 5.71 Å². The quantitative estimate of drug-likeness (QED) is 0.443. The van der Waals surface area contributed by atoms with Crippen molar-refractivity contribution in [3.05, 3.63) is 57.8 Å². The van der Waals surface area contributed by atoms with E-state index < -0.39 is 0 Å². The topological polar surface area (TPSA) is 12.4 Å². The highest BCUT2D eigenvalue weighted by molar-refractivity contribution is 7.10. The lowest BCUT2D eigenvalue weighted by atomic mass is 10.1. The van der Waals surface area contributed by atoms with E-state index in [-0.39, 0.29) is 6.04 Å². The molecule has 0 saturated carbocycles. The first kappa shape index (κ1) is 33.2. The van der Waals surface area contributed by atoms with Gasteiger partial charge in [0.15, 0.2) is 0 Å². The summed E-state index contributed by atoms with van der Waals surface area (Å²) < 4.78 is 0. The highest BCUT2D eigenvalue weighted by atomic mass is 32.1. The Morgan fingerprint density at radius 1 is 1.00 bits per heavy atom. The van der Waals surface area contributed by atoms with Crippen molar-refractivity contribution in [1.82, 2.24) is 0 Å². The van der Waals surface area contributed by atoms with Gasteiger partial charge < -0.3 is 0 Å². The third-order valence-corrected chi connectivity index (χ3v) is 4.02. The molecule has 1 aromatic heterocycles. The molecular weight excluding hydrogens is 346 g/mol. The molecule has 1 nitrogen and oxygen atoms in total. The predicted octanol–water partition coefficient (Wildman–Crippen LogP) is 9.76. The number of hydrogen-bond acceptors (Lipinski definition) is 2. The molecule has 158 valence electrons. The maximum absolute atomic E-state index is 4.79. The summed E-state index contributed by atoms with van der Waals surface area (Å²) in [5.74, 6) is 0. The zero-order valence-corrected chi connectivity index (χ0v) is 21.3. The molecule has 1 unspecified atom stereocenters. The minimum absolute atomic E-state index is 0.239. The van der Waals surface area contributed by atoms with Crippen molar-refractivity contribution in [1.29, 1.82) is 0 Å². The van der Waals surface area contributed by atoms with E-state index in [1.54, 1.807) is 17.4 Å². The van der Waals surface area contributed by atoms with Gasteiger partial charge in [-0.15, -0.1) is 17.9 Å². The summed E-state index contributed by atoms with van der Waals surface area (Å²) in [6.07, 6.45) is 6.13. The average Bonchev–Trinajstić information content (AvgIpc) is 3.34. The number of aryl methyl sites for hydroxylation is 1. The Hall–Kier alpha value is -1.41. The van der Waals surface area contributed by atoms with E-state index in [9.17, 15) is 0 Å². The second-order valence-electron chi connectivity index (χ2n) is 4.68. The van der Waals surface area contributed by atoms with Gasteiger partial charge in [-0.1, -0.05) is 67.5 Å². The van der Waals surface area contributed by atoms with Crippen LogP contribution in [0.4, 0.5) is 0 Å². The van der Waals surface area contributed by atoms with Gasteiger partial charge in [-0.3, -0.25) is 4.99 Å². The van der Waals surface area contributed by atoms with Gasteiger partial charge in [0, 0.05) is 4.88 Å². The number of thiophene rings is 1. The van der Waals surface area contributed by atoms with Crippen molar-refractivity contribution in [3.63, 3.8) is 0 Å². The van der Waals surface area contributed by atoms with Gasteiger partial charge in [-0.25, -0.2) is 0 Å². The van der Waals surface area contributed by atoms with Gasteiger partial charge >= 0.3 is 0 Å². The summed E-state index contributed by atoms with van der Waals surface area (Å²) in [5.41, 5.74) is 5.06. The smallest absolute Gasteiger partial charge is 0.104 e. The Kier molecular flexibility index (Phi) is 30.2. The molecule has 0 saturated heterocycles. The molecule has 0 amide bonds. The summed E-state index contributed by atoms with van der Waals surface area (Å²) in [7, 11) is 0. The number of hydrogen-bond donors (Lipinski definition) is 0. The molecular formula is C25H47NS. The molecule has 0 spiro atoms. The molecule has 27 heavy (non-hydrogen) atoms. The van der Waals surface area contributed by atoms with E-state index in [2.05, 4.69) is 57.9 Å². The van der Waals surface area contributed by atoms with Crippen LogP contribution in [0, 0.1) is 6.92 Å². The minimum Gasteiger partial charge on any atom is -0.272 e. The predicted molar refractivity (Wildman–Crippen MR) is 134 cm³/mol. The monoisotopic (exact) mass is 393 g/mol. The fraction of sp³-hybridized carbons (Fsp3) is 0.560. The first-order valence-electron chi connectivity index (χ1n) is 10.5. The zero-order valence-electron chi connectivity index (χ0n) is 20.5. The number of rotatable bonds is 2. The average molecular weight is 394 g/mol. The maximum atomic E-state index is 4.79. The lowest BCUT2D eigenvalue weighted by Gasteiger charge is -2.02. The van der Waals surface area contributed by atoms with E-state index in [1.165, 1.54) is 27.3 Å². The SMILES string of the molecule is C/C=C(/C)C1=NC(c2cc(C)cs2)C=C1C.C=CC.CC.CC.CC.CC. The van der Waals surface area contributed by atoms with Gasteiger partial charge in [-0.2, -0.15) is 0 Å². The number of aliphatic imine (C=N–C) groups is 1. The second-order valence-corrected chi connectivity index (χ2v) is 5.62. The first-order chi connectivity index (χ1) is 13.0. The van der Waals surface area contributed by atoms with Crippen LogP contribution >= 0.6 is 11.3 Å². The molecule has 0 aromatic carbocycles. The molecule has 0 bridgehead atoms. The van der Waals surface area contributed by atoms with Gasteiger partial charge in [0.2, 0.25) is 0 Å². The molecule has 2 heterocycles. The minimum atomic E-state index is 0.239. The normalized spacial score (nSPS) is 13.8. The van der Waals surface area contributed by atoms with Crippen LogP contribution in [0.5, 0.6) is 0 Å². The summed E-state index contributed by atoms with van der Waals surface area (Å²) >= 11 is 1.80. The van der Waals surface area contributed by atoms with E-state index in [4.69, 9.17) is 4.99 Å². The lowest BCUT2D eigenvalue weighted by Crippen LogP contribution is -1.97. The van der Waals surface area contributed by atoms with Gasteiger partial charge in [-0.05, 0) is 68.9 Å². The second kappa shape index (κ2) is 24.6. The Balaban J connectivity index is -0.000000206. The van der Waals surface area contributed by atoms with Crippen LogP contribution in [0.25, 0.3) is 0 Å².